The number of rotatable bonds is 6. The van der Waals surface area contributed by atoms with Crippen LogP contribution in [0.1, 0.15) is 26.2 Å². The van der Waals surface area contributed by atoms with Crippen molar-refractivity contribution in [3.05, 3.63) is 24.3 Å². The molecule has 0 radical (unpaired) electrons. The third-order valence-corrected chi connectivity index (χ3v) is 2.65. The number of carbonyl (C=O) groups is 1. The first kappa shape index (κ1) is 14.3. The summed E-state index contributed by atoms with van der Waals surface area (Å²) in [5, 5.41) is 15.6. The van der Waals surface area contributed by atoms with E-state index in [0.717, 1.165) is 0 Å². The standard InChI is InChI=1S/C13H17N3O4/c1-13(2,8-17)15-10(18)5-6-11-14-12(16-20-11)9-4-3-7-19-9/h3-4,7,17H,5-6,8H2,1-2H3,(H,15,18). The van der Waals surface area contributed by atoms with Crippen molar-refractivity contribution in [3.63, 3.8) is 0 Å². The summed E-state index contributed by atoms with van der Waals surface area (Å²) in [5.41, 5.74) is -0.634. The number of hydrogen-bond acceptors (Lipinski definition) is 6. The molecule has 0 aliphatic heterocycles. The number of nitrogens with zero attached hydrogens (tertiary/aromatic N) is 2. The van der Waals surface area contributed by atoms with E-state index in [1.807, 2.05) is 0 Å². The molecule has 0 saturated heterocycles. The molecule has 2 rings (SSSR count). The van der Waals surface area contributed by atoms with Gasteiger partial charge in [-0.15, -0.1) is 0 Å². The highest BCUT2D eigenvalue weighted by Gasteiger charge is 2.19. The summed E-state index contributed by atoms with van der Waals surface area (Å²) in [6.45, 7) is 3.36. The number of carbonyl (C=O) groups excluding carboxylic acids is 1. The maximum atomic E-state index is 11.7. The topological polar surface area (TPSA) is 101 Å². The minimum absolute atomic E-state index is 0.123. The molecule has 20 heavy (non-hydrogen) atoms. The van der Waals surface area contributed by atoms with Gasteiger partial charge in [-0.2, -0.15) is 4.98 Å². The third-order valence-electron chi connectivity index (χ3n) is 2.65. The maximum absolute atomic E-state index is 11.7. The zero-order valence-electron chi connectivity index (χ0n) is 11.4. The van der Waals surface area contributed by atoms with Crippen molar-refractivity contribution in [2.75, 3.05) is 6.61 Å². The van der Waals surface area contributed by atoms with Gasteiger partial charge in [-0.3, -0.25) is 4.79 Å². The van der Waals surface area contributed by atoms with Gasteiger partial charge in [0, 0.05) is 12.8 Å². The molecule has 0 aliphatic carbocycles. The van der Waals surface area contributed by atoms with Crippen LogP contribution in [0.25, 0.3) is 11.6 Å². The van der Waals surface area contributed by atoms with Crippen LogP contribution in [0.2, 0.25) is 0 Å². The Kier molecular flexibility index (Phi) is 4.19. The minimum atomic E-state index is -0.634. The molecule has 7 nitrogen and oxygen atoms in total. The fraction of sp³-hybridized carbons (Fsp3) is 0.462. The monoisotopic (exact) mass is 279 g/mol. The molecule has 0 saturated carbocycles. The quantitative estimate of drug-likeness (QED) is 0.822. The summed E-state index contributed by atoms with van der Waals surface area (Å²) in [6, 6.07) is 3.46. The van der Waals surface area contributed by atoms with Crippen molar-refractivity contribution in [2.45, 2.75) is 32.2 Å². The first-order valence-electron chi connectivity index (χ1n) is 6.28. The van der Waals surface area contributed by atoms with Crippen LogP contribution in [0.15, 0.2) is 27.3 Å². The number of nitrogens with one attached hydrogen (secondary N) is 1. The third kappa shape index (κ3) is 3.67. The van der Waals surface area contributed by atoms with E-state index < -0.39 is 5.54 Å². The van der Waals surface area contributed by atoms with E-state index >= 15 is 0 Å². The molecule has 0 atom stereocenters. The Morgan fingerprint density at radius 1 is 1.50 bits per heavy atom. The average Bonchev–Trinajstić information content (AvgIpc) is 3.06. The van der Waals surface area contributed by atoms with Gasteiger partial charge in [0.2, 0.25) is 17.6 Å². The van der Waals surface area contributed by atoms with Gasteiger partial charge in [0.1, 0.15) is 0 Å². The first-order chi connectivity index (χ1) is 9.50. The van der Waals surface area contributed by atoms with Crippen molar-refractivity contribution < 1.29 is 18.8 Å². The van der Waals surface area contributed by atoms with E-state index in [2.05, 4.69) is 15.5 Å². The summed E-state index contributed by atoms with van der Waals surface area (Å²) in [4.78, 5) is 15.8. The van der Waals surface area contributed by atoms with Gasteiger partial charge in [-0.25, -0.2) is 0 Å². The molecular formula is C13H17N3O4. The van der Waals surface area contributed by atoms with Gasteiger partial charge in [0.15, 0.2) is 5.76 Å². The number of amides is 1. The highest BCUT2D eigenvalue weighted by atomic mass is 16.5. The van der Waals surface area contributed by atoms with Crippen LogP contribution >= 0.6 is 0 Å². The zero-order chi connectivity index (χ0) is 14.6. The lowest BCUT2D eigenvalue weighted by molar-refractivity contribution is -0.123. The molecule has 108 valence electrons. The molecule has 2 heterocycles. The second kappa shape index (κ2) is 5.87. The lowest BCUT2D eigenvalue weighted by Gasteiger charge is -2.23. The lowest BCUT2D eigenvalue weighted by Crippen LogP contribution is -2.46. The number of aliphatic hydroxyl groups is 1. The van der Waals surface area contributed by atoms with Crippen molar-refractivity contribution in [1.29, 1.82) is 0 Å². The van der Waals surface area contributed by atoms with Crippen LogP contribution in [-0.4, -0.2) is 33.3 Å². The van der Waals surface area contributed by atoms with E-state index in [1.165, 1.54) is 6.26 Å². The Morgan fingerprint density at radius 2 is 2.30 bits per heavy atom. The van der Waals surface area contributed by atoms with E-state index in [0.29, 0.717) is 23.9 Å². The van der Waals surface area contributed by atoms with Crippen molar-refractivity contribution in [3.8, 4) is 11.6 Å². The summed E-state index contributed by atoms with van der Waals surface area (Å²) >= 11 is 0. The molecule has 2 aromatic rings. The highest BCUT2D eigenvalue weighted by molar-refractivity contribution is 5.76. The molecule has 0 unspecified atom stereocenters. The molecule has 0 bridgehead atoms. The van der Waals surface area contributed by atoms with Gasteiger partial charge >= 0.3 is 0 Å². The van der Waals surface area contributed by atoms with Crippen molar-refractivity contribution >= 4 is 5.91 Å². The van der Waals surface area contributed by atoms with Gasteiger partial charge in [-0.05, 0) is 26.0 Å². The fourth-order valence-electron chi connectivity index (χ4n) is 1.56. The number of aromatic nitrogens is 2. The van der Waals surface area contributed by atoms with Gasteiger partial charge in [-0.1, -0.05) is 5.16 Å². The predicted octanol–water partition coefficient (Wildman–Crippen LogP) is 1.15. The second-order valence-corrected chi connectivity index (χ2v) is 5.08. The van der Waals surface area contributed by atoms with Crippen LogP contribution < -0.4 is 5.32 Å². The van der Waals surface area contributed by atoms with Gasteiger partial charge in [0.25, 0.3) is 0 Å². The normalized spacial score (nSPS) is 11.6. The van der Waals surface area contributed by atoms with E-state index in [1.54, 1.807) is 26.0 Å². The van der Waals surface area contributed by atoms with Crippen molar-refractivity contribution in [1.82, 2.24) is 15.5 Å². The lowest BCUT2D eigenvalue weighted by atomic mass is 10.1. The Labute approximate surface area is 116 Å². The Bertz CT molecular complexity index is 560. The fourth-order valence-corrected chi connectivity index (χ4v) is 1.56. The summed E-state index contributed by atoms with van der Waals surface area (Å²) in [5.74, 6) is 1.07. The summed E-state index contributed by atoms with van der Waals surface area (Å²) < 4.78 is 10.2. The number of furan rings is 1. The van der Waals surface area contributed by atoms with Crippen LogP contribution in [0.4, 0.5) is 0 Å². The molecular weight excluding hydrogens is 262 g/mol. The maximum Gasteiger partial charge on any atom is 0.238 e. The minimum Gasteiger partial charge on any atom is -0.461 e. The zero-order valence-corrected chi connectivity index (χ0v) is 11.4. The smallest absolute Gasteiger partial charge is 0.238 e. The van der Waals surface area contributed by atoms with Gasteiger partial charge in [0.05, 0.1) is 18.4 Å². The molecule has 0 aromatic carbocycles. The Hall–Kier alpha value is -2.15. The molecule has 2 N–H and O–H groups in total. The largest absolute Gasteiger partial charge is 0.461 e. The molecule has 1 amide bonds. The summed E-state index contributed by atoms with van der Waals surface area (Å²) in [7, 11) is 0. The van der Waals surface area contributed by atoms with E-state index in [9.17, 15) is 4.79 Å². The molecule has 0 fully saturated rings. The number of aliphatic hydroxyl groups excluding tert-OH is 1. The summed E-state index contributed by atoms with van der Waals surface area (Å²) in [6.07, 6.45) is 2.07. The average molecular weight is 279 g/mol. The SMILES string of the molecule is CC(C)(CO)NC(=O)CCc1nc(-c2ccco2)no1. The highest BCUT2D eigenvalue weighted by Crippen LogP contribution is 2.16. The Morgan fingerprint density at radius 3 is 2.95 bits per heavy atom. The molecule has 7 heteroatoms. The first-order valence-corrected chi connectivity index (χ1v) is 6.28. The van der Waals surface area contributed by atoms with Crippen LogP contribution in [0.5, 0.6) is 0 Å². The second-order valence-electron chi connectivity index (χ2n) is 5.08. The van der Waals surface area contributed by atoms with E-state index in [4.69, 9.17) is 14.0 Å². The van der Waals surface area contributed by atoms with E-state index in [-0.39, 0.29) is 18.9 Å². The molecule has 2 aromatic heterocycles. The van der Waals surface area contributed by atoms with Crippen LogP contribution in [0, 0.1) is 0 Å². The molecule has 0 spiro atoms. The predicted molar refractivity (Wildman–Crippen MR) is 69.6 cm³/mol. The number of aryl methyl sites for hydroxylation is 1. The van der Waals surface area contributed by atoms with Crippen LogP contribution in [0.3, 0.4) is 0 Å². The van der Waals surface area contributed by atoms with Crippen molar-refractivity contribution in [2.24, 2.45) is 0 Å². The number of hydrogen-bond donors (Lipinski definition) is 2. The Balaban J connectivity index is 1.87. The van der Waals surface area contributed by atoms with Crippen LogP contribution in [-0.2, 0) is 11.2 Å². The van der Waals surface area contributed by atoms with Gasteiger partial charge < -0.3 is 19.4 Å². The molecule has 0 aliphatic rings.